The van der Waals surface area contributed by atoms with Crippen LogP contribution in [0, 0.1) is 5.82 Å². The summed E-state index contributed by atoms with van der Waals surface area (Å²) < 4.78 is 13.2. The number of phenolic OH excluding ortho intramolecular Hbond substituents is 1. The number of nitrogens with one attached hydrogen (secondary N) is 1. The lowest BCUT2D eigenvalue weighted by atomic mass is 10.1. The van der Waals surface area contributed by atoms with Crippen molar-refractivity contribution in [1.82, 2.24) is 10.4 Å². The highest BCUT2D eigenvalue weighted by molar-refractivity contribution is 5.94. The van der Waals surface area contributed by atoms with Crippen LogP contribution in [0.25, 0.3) is 11.1 Å². The van der Waals surface area contributed by atoms with E-state index in [-0.39, 0.29) is 11.3 Å². The number of hydrogen-bond donors (Lipinski definition) is 3. The molecule has 0 aliphatic heterocycles. The third-order valence-corrected chi connectivity index (χ3v) is 2.35. The number of aromatic hydroxyl groups is 1. The molecule has 18 heavy (non-hydrogen) atoms. The van der Waals surface area contributed by atoms with Crippen LogP contribution < -0.4 is 11.3 Å². The Morgan fingerprint density at radius 1 is 1.22 bits per heavy atom. The second kappa shape index (κ2) is 4.80. The van der Waals surface area contributed by atoms with Gasteiger partial charge in [0.25, 0.3) is 5.91 Å². The molecule has 6 heteroatoms. The number of carbonyl (C=O) groups is 1. The number of nitrogens with two attached hydrogens (primary N) is 1. The average molecular weight is 247 g/mol. The zero-order valence-corrected chi connectivity index (χ0v) is 9.22. The van der Waals surface area contributed by atoms with E-state index in [2.05, 4.69) is 4.98 Å². The van der Waals surface area contributed by atoms with E-state index < -0.39 is 11.7 Å². The van der Waals surface area contributed by atoms with Gasteiger partial charge in [-0.3, -0.25) is 15.2 Å². The molecule has 0 spiro atoms. The van der Waals surface area contributed by atoms with Crippen molar-refractivity contribution in [2.24, 2.45) is 5.84 Å². The maximum atomic E-state index is 13.2. The van der Waals surface area contributed by atoms with Crippen molar-refractivity contribution in [2.75, 3.05) is 0 Å². The molecule has 0 unspecified atom stereocenters. The van der Waals surface area contributed by atoms with Gasteiger partial charge >= 0.3 is 0 Å². The predicted molar refractivity (Wildman–Crippen MR) is 62.9 cm³/mol. The molecule has 0 saturated heterocycles. The molecule has 1 heterocycles. The van der Waals surface area contributed by atoms with Crippen molar-refractivity contribution in [3.05, 3.63) is 48.0 Å². The maximum Gasteiger partial charge on any atom is 0.266 e. The van der Waals surface area contributed by atoms with Crippen LogP contribution in [-0.2, 0) is 0 Å². The second-order valence-corrected chi connectivity index (χ2v) is 3.63. The number of phenols is 1. The van der Waals surface area contributed by atoms with Crippen molar-refractivity contribution in [3.8, 4) is 16.9 Å². The highest BCUT2D eigenvalue weighted by atomic mass is 19.1. The fourth-order valence-electron chi connectivity index (χ4n) is 1.55. The number of rotatable bonds is 2. The van der Waals surface area contributed by atoms with Crippen LogP contribution in [0.5, 0.6) is 5.75 Å². The summed E-state index contributed by atoms with van der Waals surface area (Å²) in [6.07, 6.45) is 2.80. The minimum Gasteiger partial charge on any atom is -0.508 e. The van der Waals surface area contributed by atoms with Crippen LogP contribution >= 0.6 is 0 Å². The Balaban J connectivity index is 2.47. The summed E-state index contributed by atoms with van der Waals surface area (Å²) in [5, 5.41) is 9.32. The molecule has 0 aliphatic carbocycles. The van der Waals surface area contributed by atoms with Gasteiger partial charge in [-0.1, -0.05) is 0 Å². The molecule has 0 radical (unpaired) electrons. The SMILES string of the molecule is NNC(=O)c1cncc(-c2cc(O)cc(F)c2)c1. The van der Waals surface area contributed by atoms with Gasteiger partial charge in [-0.05, 0) is 23.8 Å². The fraction of sp³-hybridized carbons (Fsp3) is 0. The molecule has 0 fully saturated rings. The van der Waals surface area contributed by atoms with Gasteiger partial charge in [-0.15, -0.1) is 0 Å². The summed E-state index contributed by atoms with van der Waals surface area (Å²) in [5.41, 5.74) is 3.16. The molecule has 92 valence electrons. The number of nitrogens with zero attached hydrogens (tertiary/aromatic N) is 1. The molecule has 0 atom stereocenters. The first-order valence-corrected chi connectivity index (χ1v) is 5.06. The van der Waals surface area contributed by atoms with Crippen LogP contribution in [0.2, 0.25) is 0 Å². The van der Waals surface area contributed by atoms with Crippen molar-refractivity contribution in [2.45, 2.75) is 0 Å². The van der Waals surface area contributed by atoms with E-state index in [0.29, 0.717) is 11.1 Å². The zero-order valence-electron chi connectivity index (χ0n) is 9.22. The molecule has 1 aromatic carbocycles. The largest absolute Gasteiger partial charge is 0.508 e. The van der Waals surface area contributed by atoms with Gasteiger partial charge in [-0.2, -0.15) is 0 Å². The monoisotopic (exact) mass is 247 g/mol. The summed E-state index contributed by atoms with van der Waals surface area (Å²) in [5.74, 6) is 3.75. The van der Waals surface area contributed by atoms with Gasteiger partial charge in [-0.25, -0.2) is 10.2 Å². The number of pyridine rings is 1. The van der Waals surface area contributed by atoms with Gasteiger partial charge < -0.3 is 5.11 Å². The molecule has 2 aromatic rings. The lowest BCUT2D eigenvalue weighted by molar-refractivity contribution is 0.0953. The Bertz CT molecular complexity index is 581. The van der Waals surface area contributed by atoms with Gasteiger partial charge in [0, 0.05) is 24.0 Å². The quantitative estimate of drug-likeness (QED) is 0.422. The third kappa shape index (κ3) is 2.44. The molecular weight excluding hydrogens is 237 g/mol. The van der Waals surface area contributed by atoms with Crippen LogP contribution in [0.15, 0.2) is 36.7 Å². The molecule has 2 rings (SSSR count). The molecule has 0 bridgehead atoms. The third-order valence-electron chi connectivity index (χ3n) is 2.35. The zero-order chi connectivity index (χ0) is 13.1. The first-order valence-electron chi connectivity index (χ1n) is 5.06. The van der Waals surface area contributed by atoms with E-state index in [9.17, 15) is 14.3 Å². The highest BCUT2D eigenvalue weighted by Crippen LogP contribution is 2.24. The smallest absolute Gasteiger partial charge is 0.266 e. The average Bonchev–Trinajstić information content (AvgIpc) is 2.37. The molecule has 4 N–H and O–H groups in total. The topological polar surface area (TPSA) is 88.2 Å². The minimum atomic E-state index is -0.571. The number of hydrazine groups is 1. The fourth-order valence-corrected chi connectivity index (χ4v) is 1.55. The number of aromatic nitrogens is 1. The summed E-state index contributed by atoms with van der Waals surface area (Å²) in [6, 6.07) is 5.11. The molecular formula is C12H10FN3O2. The van der Waals surface area contributed by atoms with Gasteiger partial charge in [0.2, 0.25) is 0 Å². The van der Waals surface area contributed by atoms with E-state index in [0.717, 1.165) is 6.07 Å². The van der Waals surface area contributed by atoms with Crippen LogP contribution in [0.4, 0.5) is 4.39 Å². The van der Waals surface area contributed by atoms with Crippen molar-refractivity contribution in [3.63, 3.8) is 0 Å². The summed E-state index contributed by atoms with van der Waals surface area (Å²) in [7, 11) is 0. The Labute approximate surface area is 102 Å². The van der Waals surface area contributed by atoms with Crippen LogP contribution in [0.3, 0.4) is 0 Å². The molecule has 0 aliphatic rings. The molecule has 0 saturated carbocycles. The number of amides is 1. The van der Waals surface area contributed by atoms with Crippen molar-refractivity contribution in [1.29, 1.82) is 0 Å². The molecule has 5 nitrogen and oxygen atoms in total. The number of carbonyl (C=O) groups excluding carboxylic acids is 1. The van der Waals surface area contributed by atoms with Crippen molar-refractivity contribution < 1.29 is 14.3 Å². The number of benzene rings is 1. The van der Waals surface area contributed by atoms with Crippen molar-refractivity contribution >= 4 is 5.91 Å². The van der Waals surface area contributed by atoms with Crippen LogP contribution in [-0.4, -0.2) is 16.0 Å². The van der Waals surface area contributed by atoms with Gasteiger partial charge in [0.1, 0.15) is 11.6 Å². The second-order valence-electron chi connectivity index (χ2n) is 3.63. The lowest BCUT2D eigenvalue weighted by Gasteiger charge is -2.05. The van der Waals surface area contributed by atoms with Gasteiger partial charge in [0.05, 0.1) is 5.56 Å². The Morgan fingerprint density at radius 2 is 2.00 bits per heavy atom. The Morgan fingerprint density at radius 3 is 2.67 bits per heavy atom. The summed E-state index contributed by atoms with van der Waals surface area (Å²) in [4.78, 5) is 15.2. The number of nitrogen functional groups attached to an aromatic ring is 1. The predicted octanol–water partition coefficient (Wildman–Crippen LogP) is 1.20. The minimum absolute atomic E-state index is 0.196. The van der Waals surface area contributed by atoms with Gasteiger partial charge in [0.15, 0.2) is 0 Å². The molecule has 1 amide bonds. The Kier molecular flexibility index (Phi) is 3.20. The first-order chi connectivity index (χ1) is 8.60. The van der Waals surface area contributed by atoms with E-state index in [1.807, 2.05) is 5.43 Å². The number of halogens is 1. The summed E-state index contributed by atoms with van der Waals surface area (Å²) in [6.45, 7) is 0. The van der Waals surface area contributed by atoms with Crippen LogP contribution in [0.1, 0.15) is 10.4 Å². The maximum absolute atomic E-state index is 13.2. The molecule has 1 aromatic heterocycles. The van der Waals surface area contributed by atoms with E-state index in [4.69, 9.17) is 5.84 Å². The van der Waals surface area contributed by atoms with E-state index in [1.165, 1.54) is 30.6 Å². The first kappa shape index (κ1) is 12.0. The van der Waals surface area contributed by atoms with E-state index >= 15 is 0 Å². The summed E-state index contributed by atoms with van der Waals surface area (Å²) >= 11 is 0. The normalized spacial score (nSPS) is 10.1. The number of hydrogen-bond acceptors (Lipinski definition) is 4. The lowest BCUT2D eigenvalue weighted by Crippen LogP contribution is -2.30. The van der Waals surface area contributed by atoms with E-state index in [1.54, 1.807) is 0 Å². The standard InChI is InChI=1S/C12H10FN3O2/c13-10-2-7(3-11(17)4-10)8-1-9(6-15-5-8)12(18)16-14/h1-6,17H,14H2,(H,16,18). The highest BCUT2D eigenvalue weighted by Gasteiger charge is 2.08. The Hall–Kier alpha value is -2.47.